The third kappa shape index (κ3) is 4.68. The van der Waals surface area contributed by atoms with Gasteiger partial charge in [0.2, 0.25) is 0 Å². The van der Waals surface area contributed by atoms with E-state index >= 15 is 0 Å². The Balaban J connectivity index is 1.97. The van der Waals surface area contributed by atoms with Crippen molar-refractivity contribution >= 4 is 33.5 Å². The van der Waals surface area contributed by atoms with Crippen molar-refractivity contribution in [1.82, 2.24) is 0 Å². The third-order valence-corrected chi connectivity index (χ3v) is 4.28. The van der Waals surface area contributed by atoms with Gasteiger partial charge in [-0.1, -0.05) is 38.1 Å². The largest absolute Gasteiger partial charge is 0.449 e. The molecule has 0 aliphatic rings. The van der Waals surface area contributed by atoms with Gasteiger partial charge in [0.15, 0.2) is 6.10 Å². The second-order valence-corrected chi connectivity index (χ2v) is 6.65. The molecule has 0 heterocycles. The summed E-state index contributed by atoms with van der Waals surface area (Å²) in [5, 5.41) is 2.75. The van der Waals surface area contributed by atoms with Gasteiger partial charge in [-0.05, 0) is 58.6 Å². The van der Waals surface area contributed by atoms with Crippen LogP contribution in [0.2, 0.25) is 0 Å². The molecule has 126 valence electrons. The van der Waals surface area contributed by atoms with Gasteiger partial charge in [-0.15, -0.1) is 0 Å². The molecular weight excluding hydrogens is 370 g/mol. The first kappa shape index (κ1) is 18.2. The molecule has 0 aromatic heterocycles. The molecular formula is C19H20BrNO3. The number of anilines is 1. The molecule has 4 nitrogen and oxygen atoms in total. The van der Waals surface area contributed by atoms with Crippen molar-refractivity contribution < 1.29 is 14.3 Å². The van der Waals surface area contributed by atoms with E-state index in [1.165, 1.54) is 5.56 Å². The Morgan fingerprint density at radius 3 is 2.21 bits per heavy atom. The van der Waals surface area contributed by atoms with Crippen LogP contribution in [0.5, 0.6) is 0 Å². The summed E-state index contributed by atoms with van der Waals surface area (Å²) < 4.78 is 5.86. The Bertz CT molecular complexity index is 726. The van der Waals surface area contributed by atoms with Gasteiger partial charge in [0.1, 0.15) is 0 Å². The molecule has 2 aromatic carbocycles. The van der Waals surface area contributed by atoms with Crippen LogP contribution in [0.4, 0.5) is 5.69 Å². The molecule has 0 saturated carbocycles. The van der Waals surface area contributed by atoms with E-state index in [-0.39, 0.29) is 5.91 Å². The topological polar surface area (TPSA) is 55.4 Å². The molecule has 0 fully saturated rings. The quantitative estimate of drug-likeness (QED) is 0.750. The average Bonchev–Trinajstić information content (AvgIpc) is 2.55. The summed E-state index contributed by atoms with van der Waals surface area (Å²) in [7, 11) is 0. The van der Waals surface area contributed by atoms with Crippen LogP contribution in [0.3, 0.4) is 0 Å². The van der Waals surface area contributed by atoms with Crippen molar-refractivity contribution in [3.05, 3.63) is 64.1 Å². The summed E-state index contributed by atoms with van der Waals surface area (Å²) in [5.74, 6) is -0.480. The molecule has 0 aliphatic heterocycles. The van der Waals surface area contributed by atoms with Crippen molar-refractivity contribution in [2.24, 2.45) is 0 Å². The maximum absolute atomic E-state index is 12.2. The standard InChI is InChI=1S/C19H20BrNO3/c1-12(2)14-8-10-15(11-9-14)21-18(22)13(3)24-19(23)16-6-4-5-7-17(16)20/h4-13H,1-3H3,(H,21,22)/t13-/m1/s1. The second kappa shape index (κ2) is 8.11. The summed E-state index contributed by atoms with van der Waals surface area (Å²) in [5.41, 5.74) is 2.26. The number of carbonyl (C=O) groups is 2. The lowest BCUT2D eigenvalue weighted by Gasteiger charge is -2.14. The minimum Gasteiger partial charge on any atom is -0.449 e. The molecule has 24 heavy (non-hydrogen) atoms. The summed E-state index contributed by atoms with van der Waals surface area (Å²) in [6.07, 6.45) is -0.894. The van der Waals surface area contributed by atoms with E-state index in [2.05, 4.69) is 35.1 Å². The van der Waals surface area contributed by atoms with Crippen LogP contribution in [0.15, 0.2) is 53.0 Å². The average molecular weight is 390 g/mol. The molecule has 5 heteroatoms. The zero-order chi connectivity index (χ0) is 17.7. The van der Waals surface area contributed by atoms with Gasteiger partial charge < -0.3 is 10.1 Å². The van der Waals surface area contributed by atoms with E-state index in [0.717, 1.165) is 0 Å². The number of carbonyl (C=O) groups excluding carboxylic acids is 2. The van der Waals surface area contributed by atoms with Crippen LogP contribution in [0.1, 0.15) is 42.6 Å². The second-order valence-electron chi connectivity index (χ2n) is 5.79. The molecule has 1 N–H and O–H groups in total. The summed E-state index contributed by atoms with van der Waals surface area (Å²) in [6, 6.07) is 14.6. The van der Waals surface area contributed by atoms with E-state index in [0.29, 0.717) is 21.6 Å². The molecule has 2 rings (SSSR count). The summed E-state index contributed by atoms with van der Waals surface area (Å²) in [6.45, 7) is 5.76. The van der Waals surface area contributed by atoms with Crippen molar-refractivity contribution in [1.29, 1.82) is 0 Å². The highest BCUT2D eigenvalue weighted by molar-refractivity contribution is 9.10. The number of nitrogens with one attached hydrogen (secondary N) is 1. The highest BCUT2D eigenvalue weighted by Crippen LogP contribution is 2.19. The molecule has 0 aliphatic carbocycles. The predicted molar refractivity (Wildman–Crippen MR) is 98.2 cm³/mol. The number of rotatable bonds is 5. The minimum absolute atomic E-state index is 0.368. The molecule has 0 unspecified atom stereocenters. The van der Waals surface area contributed by atoms with Gasteiger partial charge in [-0.25, -0.2) is 4.79 Å². The SMILES string of the molecule is CC(C)c1ccc(NC(=O)[C@@H](C)OC(=O)c2ccccc2Br)cc1. The molecule has 0 spiro atoms. The Morgan fingerprint density at radius 2 is 1.62 bits per heavy atom. The van der Waals surface area contributed by atoms with Gasteiger partial charge in [-0.3, -0.25) is 4.79 Å². The first-order valence-electron chi connectivity index (χ1n) is 7.75. The van der Waals surface area contributed by atoms with Crippen LogP contribution in [-0.4, -0.2) is 18.0 Å². The molecule has 1 atom stereocenters. The lowest BCUT2D eigenvalue weighted by atomic mass is 10.0. The number of hydrogen-bond acceptors (Lipinski definition) is 3. The predicted octanol–water partition coefficient (Wildman–Crippen LogP) is 4.76. The van der Waals surface area contributed by atoms with Crippen LogP contribution < -0.4 is 5.32 Å². The number of ether oxygens (including phenoxy) is 1. The van der Waals surface area contributed by atoms with Crippen molar-refractivity contribution in [2.45, 2.75) is 32.8 Å². The first-order chi connectivity index (χ1) is 11.4. The highest BCUT2D eigenvalue weighted by Gasteiger charge is 2.20. The normalized spacial score (nSPS) is 11.9. The molecule has 0 radical (unpaired) electrons. The molecule has 2 aromatic rings. The summed E-state index contributed by atoms with van der Waals surface area (Å²) in [4.78, 5) is 24.3. The van der Waals surface area contributed by atoms with Gasteiger partial charge in [-0.2, -0.15) is 0 Å². The maximum atomic E-state index is 12.2. The lowest BCUT2D eigenvalue weighted by molar-refractivity contribution is -0.123. The Morgan fingerprint density at radius 1 is 1.00 bits per heavy atom. The van der Waals surface area contributed by atoms with E-state index < -0.39 is 12.1 Å². The van der Waals surface area contributed by atoms with Crippen LogP contribution in [0, 0.1) is 0 Å². The zero-order valence-corrected chi connectivity index (χ0v) is 15.5. The van der Waals surface area contributed by atoms with E-state index in [1.54, 1.807) is 31.2 Å². The fourth-order valence-electron chi connectivity index (χ4n) is 2.10. The fraction of sp³-hybridized carbons (Fsp3) is 0.263. The number of amides is 1. The number of esters is 1. The fourth-order valence-corrected chi connectivity index (χ4v) is 2.55. The summed E-state index contributed by atoms with van der Waals surface area (Å²) >= 11 is 3.29. The monoisotopic (exact) mass is 389 g/mol. The number of halogens is 1. The molecule has 0 bridgehead atoms. The maximum Gasteiger partial charge on any atom is 0.340 e. The zero-order valence-electron chi connectivity index (χ0n) is 13.9. The van der Waals surface area contributed by atoms with Gasteiger partial charge in [0, 0.05) is 10.2 Å². The lowest BCUT2D eigenvalue weighted by Crippen LogP contribution is -2.30. The Hall–Kier alpha value is -2.14. The Labute approximate surface area is 150 Å². The van der Waals surface area contributed by atoms with Gasteiger partial charge in [0.05, 0.1) is 5.56 Å². The molecule has 1 amide bonds. The minimum atomic E-state index is -0.894. The van der Waals surface area contributed by atoms with E-state index in [4.69, 9.17) is 4.74 Å². The smallest absolute Gasteiger partial charge is 0.340 e. The van der Waals surface area contributed by atoms with Crippen molar-refractivity contribution in [2.75, 3.05) is 5.32 Å². The van der Waals surface area contributed by atoms with E-state index in [1.807, 2.05) is 24.3 Å². The number of benzene rings is 2. The van der Waals surface area contributed by atoms with Gasteiger partial charge >= 0.3 is 5.97 Å². The van der Waals surface area contributed by atoms with Crippen molar-refractivity contribution in [3.8, 4) is 0 Å². The molecule has 0 saturated heterocycles. The Kier molecular flexibility index (Phi) is 6.15. The van der Waals surface area contributed by atoms with Crippen LogP contribution in [0.25, 0.3) is 0 Å². The highest BCUT2D eigenvalue weighted by atomic mass is 79.9. The third-order valence-electron chi connectivity index (χ3n) is 3.59. The van der Waals surface area contributed by atoms with E-state index in [9.17, 15) is 9.59 Å². The number of hydrogen-bond donors (Lipinski definition) is 1. The van der Waals surface area contributed by atoms with Crippen molar-refractivity contribution in [3.63, 3.8) is 0 Å². The first-order valence-corrected chi connectivity index (χ1v) is 8.54. The van der Waals surface area contributed by atoms with Gasteiger partial charge in [0.25, 0.3) is 5.91 Å². The van der Waals surface area contributed by atoms with Crippen LogP contribution >= 0.6 is 15.9 Å². The van der Waals surface area contributed by atoms with Crippen LogP contribution in [-0.2, 0) is 9.53 Å².